The van der Waals surface area contributed by atoms with E-state index in [4.69, 9.17) is 0 Å². The van der Waals surface area contributed by atoms with Gasteiger partial charge in [-0.2, -0.15) is 0 Å². The van der Waals surface area contributed by atoms with E-state index in [0.717, 1.165) is 4.47 Å². The topological polar surface area (TPSA) is 0 Å². The molecule has 0 N–H and O–H groups in total. The van der Waals surface area contributed by atoms with Gasteiger partial charge in [0.15, 0.2) is 0 Å². The van der Waals surface area contributed by atoms with Gasteiger partial charge in [-0.3, -0.25) is 0 Å². The van der Waals surface area contributed by atoms with Gasteiger partial charge in [-0.25, -0.2) is 0 Å². The lowest BCUT2D eigenvalue weighted by Gasteiger charge is -2.01. The molecule has 0 radical (unpaired) electrons. The van der Waals surface area contributed by atoms with Crippen LogP contribution in [0.3, 0.4) is 0 Å². The maximum atomic E-state index is 3.49. The van der Waals surface area contributed by atoms with Crippen LogP contribution >= 0.6 is 54.5 Å². The Balaban J connectivity index is 3.34. The smallest absolute Gasteiger partial charge is 0.0349 e. The van der Waals surface area contributed by atoms with E-state index in [9.17, 15) is 0 Å². The first kappa shape index (κ1) is 9.00. The number of benzene rings is 1. The van der Waals surface area contributed by atoms with E-state index in [-0.39, 0.29) is 0 Å². The highest BCUT2D eigenvalue weighted by atomic mass is 127. The predicted molar refractivity (Wildman–Crippen MR) is 59.3 cm³/mol. The van der Waals surface area contributed by atoms with Crippen molar-refractivity contribution in [3.8, 4) is 0 Å². The van der Waals surface area contributed by atoms with Gasteiger partial charge in [0.05, 0.1) is 0 Å². The zero-order chi connectivity index (χ0) is 7.72. The fourth-order valence-electron chi connectivity index (χ4n) is 0.628. The summed E-state index contributed by atoms with van der Waals surface area (Å²) < 4.78 is 3.58. The van der Waals surface area contributed by atoms with Crippen molar-refractivity contribution in [3.05, 3.63) is 30.2 Å². The number of rotatable bonds is 0. The predicted octanol–water partition coefficient (Wildman–Crippen LogP) is 4.12. The minimum atomic E-state index is 1.15. The number of halogens is 3. The highest BCUT2D eigenvalue weighted by molar-refractivity contribution is 14.1. The molecule has 0 aliphatic heterocycles. The zero-order valence-corrected chi connectivity index (χ0v) is 10.6. The molecule has 0 aliphatic carbocycles. The molecule has 1 aromatic carbocycles. The number of hydrogen-bond acceptors (Lipinski definition) is 0. The Morgan fingerprint density at radius 1 is 1.30 bits per heavy atom. The van der Waals surface area contributed by atoms with Gasteiger partial charge in [-0.05, 0) is 63.1 Å². The largest absolute Gasteiger partial charge is 0.0505 e. The van der Waals surface area contributed by atoms with Crippen LogP contribution in [0.4, 0.5) is 0 Å². The molecule has 3 heteroatoms. The third-order valence-electron chi connectivity index (χ3n) is 1.27. The Hall–Kier alpha value is 0.910. The van der Waals surface area contributed by atoms with Crippen molar-refractivity contribution in [2.45, 2.75) is 6.92 Å². The third kappa shape index (κ3) is 1.74. The molecule has 0 fully saturated rings. The fourth-order valence-corrected chi connectivity index (χ4v) is 2.15. The van der Waals surface area contributed by atoms with Gasteiger partial charge in [0, 0.05) is 12.5 Å². The van der Waals surface area contributed by atoms with E-state index in [1.807, 2.05) is 0 Å². The molecular formula is C7H5Br2I. The van der Waals surface area contributed by atoms with Crippen LogP contribution < -0.4 is 0 Å². The normalized spacial score (nSPS) is 10.0. The Labute approximate surface area is 90.8 Å². The lowest BCUT2D eigenvalue weighted by molar-refractivity contribution is 1.37. The highest BCUT2D eigenvalue weighted by Crippen LogP contribution is 2.28. The van der Waals surface area contributed by atoms with Gasteiger partial charge in [0.25, 0.3) is 0 Å². The lowest BCUT2D eigenvalue weighted by atomic mass is 10.2. The summed E-state index contributed by atoms with van der Waals surface area (Å²) in [4.78, 5) is 0. The molecule has 0 amide bonds. The lowest BCUT2D eigenvalue weighted by Crippen LogP contribution is -1.81. The maximum absolute atomic E-state index is 3.49. The summed E-state index contributed by atoms with van der Waals surface area (Å²) >= 11 is 9.24. The standard InChI is InChI=1S/C7H5Br2I/c1-4-5(8)2-3-6(10)7(4)9/h2-3H,1H3. The van der Waals surface area contributed by atoms with Crippen LogP contribution in [0.5, 0.6) is 0 Å². The van der Waals surface area contributed by atoms with Crippen LogP contribution in [-0.2, 0) is 0 Å². The molecule has 0 aromatic heterocycles. The van der Waals surface area contributed by atoms with Crippen molar-refractivity contribution in [3.63, 3.8) is 0 Å². The first-order valence-electron chi connectivity index (χ1n) is 2.73. The van der Waals surface area contributed by atoms with Gasteiger partial charge in [-0.15, -0.1) is 0 Å². The number of hydrogen-bond donors (Lipinski definition) is 0. The third-order valence-corrected chi connectivity index (χ3v) is 4.79. The van der Waals surface area contributed by atoms with Gasteiger partial charge in [-0.1, -0.05) is 15.9 Å². The summed E-state index contributed by atoms with van der Waals surface area (Å²) in [5.41, 5.74) is 1.26. The Morgan fingerprint density at radius 2 is 1.90 bits per heavy atom. The molecule has 0 saturated heterocycles. The van der Waals surface area contributed by atoms with E-state index >= 15 is 0 Å². The zero-order valence-electron chi connectivity index (χ0n) is 5.29. The molecule has 0 spiro atoms. The quantitative estimate of drug-likeness (QED) is 0.472. The molecule has 54 valence electrons. The summed E-state index contributed by atoms with van der Waals surface area (Å²) in [6.45, 7) is 2.08. The van der Waals surface area contributed by atoms with Crippen molar-refractivity contribution in [2.75, 3.05) is 0 Å². The average molecular weight is 376 g/mol. The fraction of sp³-hybridized carbons (Fsp3) is 0.143. The van der Waals surface area contributed by atoms with Crippen molar-refractivity contribution >= 4 is 54.5 Å². The summed E-state index contributed by atoms with van der Waals surface area (Å²) in [5.74, 6) is 0. The molecule has 0 saturated carbocycles. The molecule has 0 heterocycles. The molecule has 1 rings (SSSR count). The molecular weight excluding hydrogens is 371 g/mol. The molecule has 0 bridgehead atoms. The van der Waals surface area contributed by atoms with Crippen LogP contribution in [-0.4, -0.2) is 0 Å². The van der Waals surface area contributed by atoms with E-state index in [2.05, 4.69) is 73.5 Å². The monoisotopic (exact) mass is 374 g/mol. The first-order chi connectivity index (χ1) is 4.63. The van der Waals surface area contributed by atoms with Crippen LogP contribution in [0, 0.1) is 10.5 Å². The van der Waals surface area contributed by atoms with Crippen LogP contribution in [0.25, 0.3) is 0 Å². The summed E-state index contributed by atoms with van der Waals surface area (Å²) in [7, 11) is 0. The molecule has 0 nitrogen and oxygen atoms in total. The Morgan fingerprint density at radius 3 is 2.40 bits per heavy atom. The Bertz CT molecular complexity index is 231. The van der Waals surface area contributed by atoms with Crippen molar-refractivity contribution in [1.29, 1.82) is 0 Å². The second kappa shape index (κ2) is 3.54. The van der Waals surface area contributed by atoms with Gasteiger partial charge in [0.1, 0.15) is 0 Å². The average Bonchev–Trinajstić information content (AvgIpc) is 1.93. The van der Waals surface area contributed by atoms with E-state index in [1.165, 1.54) is 13.6 Å². The van der Waals surface area contributed by atoms with Crippen molar-refractivity contribution < 1.29 is 0 Å². The maximum Gasteiger partial charge on any atom is 0.0349 e. The molecule has 0 unspecified atom stereocenters. The van der Waals surface area contributed by atoms with Gasteiger partial charge in [0.2, 0.25) is 0 Å². The minimum Gasteiger partial charge on any atom is -0.0505 e. The minimum absolute atomic E-state index is 1.15. The van der Waals surface area contributed by atoms with E-state index in [1.54, 1.807) is 0 Å². The van der Waals surface area contributed by atoms with Crippen molar-refractivity contribution in [2.24, 2.45) is 0 Å². The van der Waals surface area contributed by atoms with E-state index in [0.29, 0.717) is 0 Å². The van der Waals surface area contributed by atoms with Crippen LogP contribution in [0.1, 0.15) is 5.56 Å². The second-order valence-electron chi connectivity index (χ2n) is 1.97. The Kier molecular flexibility index (Phi) is 3.19. The summed E-state index contributed by atoms with van der Waals surface area (Å²) in [6.07, 6.45) is 0. The molecule has 1 aromatic rings. The van der Waals surface area contributed by atoms with E-state index < -0.39 is 0 Å². The first-order valence-corrected chi connectivity index (χ1v) is 5.39. The van der Waals surface area contributed by atoms with Crippen molar-refractivity contribution in [1.82, 2.24) is 0 Å². The van der Waals surface area contributed by atoms with Gasteiger partial charge >= 0.3 is 0 Å². The summed E-state index contributed by atoms with van der Waals surface area (Å²) in [5, 5.41) is 0. The summed E-state index contributed by atoms with van der Waals surface area (Å²) in [6, 6.07) is 4.13. The molecule has 10 heavy (non-hydrogen) atoms. The van der Waals surface area contributed by atoms with Crippen LogP contribution in [0.2, 0.25) is 0 Å². The molecule has 0 aliphatic rings. The van der Waals surface area contributed by atoms with Gasteiger partial charge < -0.3 is 0 Å². The second-order valence-corrected chi connectivity index (χ2v) is 4.78. The SMILES string of the molecule is Cc1c(Br)ccc(I)c1Br. The molecule has 0 atom stereocenters. The highest BCUT2D eigenvalue weighted by Gasteiger charge is 2.01. The van der Waals surface area contributed by atoms with Crippen LogP contribution in [0.15, 0.2) is 21.1 Å².